The smallest absolute Gasteiger partial charge is 0.160 e. The fourth-order valence-electron chi connectivity index (χ4n) is 1.96. The van der Waals surface area contributed by atoms with E-state index >= 15 is 0 Å². The van der Waals surface area contributed by atoms with Gasteiger partial charge in [0.15, 0.2) is 11.5 Å². The van der Waals surface area contributed by atoms with Crippen LogP contribution in [0.15, 0.2) is 36.5 Å². The minimum absolute atomic E-state index is 0.158. The Morgan fingerprint density at radius 2 is 2.10 bits per heavy atom. The summed E-state index contributed by atoms with van der Waals surface area (Å²) in [6.07, 6.45) is 1.88. The lowest BCUT2D eigenvalue weighted by molar-refractivity contribution is 0.372. The number of aromatic nitrogens is 1. The monoisotopic (exact) mass is 272 g/mol. The number of nitrogens with zero attached hydrogens (tertiary/aromatic N) is 1. The van der Waals surface area contributed by atoms with Crippen LogP contribution in [0, 0.1) is 6.92 Å². The van der Waals surface area contributed by atoms with Crippen molar-refractivity contribution in [2.24, 2.45) is 0 Å². The fraction of sp³-hybridized carbons (Fsp3) is 0.312. The molecule has 4 heteroatoms. The highest BCUT2D eigenvalue weighted by molar-refractivity contribution is 5.42. The fourth-order valence-corrected chi connectivity index (χ4v) is 1.96. The Morgan fingerprint density at radius 3 is 2.75 bits per heavy atom. The van der Waals surface area contributed by atoms with Crippen LogP contribution in [-0.2, 0) is 6.54 Å². The van der Waals surface area contributed by atoms with Gasteiger partial charge >= 0.3 is 0 Å². The third-order valence-electron chi connectivity index (χ3n) is 3.29. The highest BCUT2D eigenvalue weighted by atomic mass is 16.5. The SMILES string of the molecule is COc1cc(C(C)NCc2ccc(C)nc2)ccc1O. The van der Waals surface area contributed by atoms with E-state index in [0.29, 0.717) is 5.75 Å². The third kappa shape index (κ3) is 3.48. The normalized spacial score (nSPS) is 12.2. The van der Waals surface area contributed by atoms with E-state index in [1.807, 2.05) is 31.3 Å². The van der Waals surface area contributed by atoms with E-state index in [9.17, 15) is 5.11 Å². The maximum atomic E-state index is 9.60. The second-order valence-corrected chi connectivity index (χ2v) is 4.84. The number of aryl methyl sites for hydroxylation is 1. The first-order valence-corrected chi connectivity index (χ1v) is 6.62. The van der Waals surface area contributed by atoms with Crippen molar-refractivity contribution < 1.29 is 9.84 Å². The van der Waals surface area contributed by atoms with Crippen molar-refractivity contribution in [3.8, 4) is 11.5 Å². The number of hydrogen-bond acceptors (Lipinski definition) is 4. The predicted molar refractivity (Wildman–Crippen MR) is 78.9 cm³/mol. The standard InChI is InChI=1S/C16H20N2O2/c1-11-4-5-13(9-17-11)10-18-12(2)14-6-7-15(19)16(8-14)20-3/h4-9,12,18-19H,10H2,1-3H3. The lowest BCUT2D eigenvalue weighted by atomic mass is 10.1. The van der Waals surface area contributed by atoms with Crippen molar-refractivity contribution in [3.05, 3.63) is 53.3 Å². The molecule has 1 unspecified atom stereocenters. The molecule has 0 aliphatic carbocycles. The molecular weight excluding hydrogens is 252 g/mol. The number of nitrogens with one attached hydrogen (secondary N) is 1. The largest absolute Gasteiger partial charge is 0.504 e. The molecule has 1 atom stereocenters. The molecule has 0 amide bonds. The number of ether oxygens (including phenoxy) is 1. The molecule has 0 saturated carbocycles. The zero-order valence-corrected chi connectivity index (χ0v) is 12.1. The summed E-state index contributed by atoms with van der Waals surface area (Å²) in [6.45, 7) is 4.80. The van der Waals surface area contributed by atoms with Crippen molar-refractivity contribution >= 4 is 0 Å². The van der Waals surface area contributed by atoms with Crippen molar-refractivity contribution in [1.82, 2.24) is 10.3 Å². The molecule has 0 bridgehead atoms. The van der Waals surface area contributed by atoms with E-state index < -0.39 is 0 Å². The highest BCUT2D eigenvalue weighted by Gasteiger charge is 2.09. The molecule has 2 N–H and O–H groups in total. The number of phenolic OH excluding ortho intramolecular Hbond substituents is 1. The summed E-state index contributed by atoms with van der Waals surface area (Å²) in [7, 11) is 1.55. The molecule has 0 aliphatic heterocycles. The first-order valence-electron chi connectivity index (χ1n) is 6.62. The van der Waals surface area contributed by atoms with Gasteiger partial charge in [0.25, 0.3) is 0 Å². The summed E-state index contributed by atoms with van der Waals surface area (Å²) < 4.78 is 5.12. The van der Waals surface area contributed by atoms with Gasteiger partial charge in [-0.25, -0.2) is 0 Å². The van der Waals surface area contributed by atoms with Gasteiger partial charge in [0, 0.05) is 24.5 Å². The molecule has 1 heterocycles. The van der Waals surface area contributed by atoms with Crippen LogP contribution in [-0.4, -0.2) is 17.2 Å². The quantitative estimate of drug-likeness (QED) is 0.878. The number of rotatable bonds is 5. The summed E-state index contributed by atoms with van der Waals surface area (Å²) in [6, 6.07) is 9.62. The maximum Gasteiger partial charge on any atom is 0.160 e. The number of phenols is 1. The zero-order chi connectivity index (χ0) is 14.5. The van der Waals surface area contributed by atoms with Crippen LogP contribution in [0.5, 0.6) is 11.5 Å². The number of methoxy groups -OCH3 is 1. The van der Waals surface area contributed by atoms with Gasteiger partial charge in [-0.2, -0.15) is 0 Å². The molecule has 2 aromatic rings. The van der Waals surface area contributed by atoms with Crippen molar-refractivity contribution in [1.29, 1.82) is 0 Å². The summed E-state index contributed by atoms with van der Waals surface area (Å²) in [5.74, 6) is 0.652. The zero-order valence-electron chi connectivity index (χ0n) is 12.1. The summed E-state index contributed by atoms with van der Waals surface area (Å²) in [4.78, 5) is 4.28. The molecule has 0 radical (unpaired) electrons. The van der Waals surface area contributed by atoms with Crippen molar-refractivity contribution in [3.63, 3.8) is 0 Å². The Labute approximate surface area is 119 Å². The van der Waals surface area contributed by atoms with Gasteiger partial charge in [-0.05, 0) is 43.2 Å². The van der Waals surface area contributed by atoms with Crippen LogP contribution in [0.3, 0.4) is 0 Å². The van der Waals surface area contributed by atoms with Crippen LogP contribution in [0.25, 0.3) is 0 Å². The lowest BCUT2D eigenvalue weighted by Crippen LogP contribution is -2.18. The molecule has 4 nitrogen and oxygen atoms in total. The van der Waals surface area contributed by atoms with E-state index in [2.05, 4.69) is 23.3 Å². The first kappa shape index (κ1) is 14.3. The molecule has 1 aromatic heterocycles. The predicted octanol–water partition coefficient (Wildman–Crippen LogP) is 2.96. The summed E-state index contributed by atoms with van der Waals surface area (Å²) >= 11 is 0. The number of aromatic hydroxyl groups is 1. The van der Waals surface area contributed by atoms with Gasteiger partial charge in [0.2, 0.25) is 0 Å². The minimum Gasteiger partial charge on any atom is -0.504 e. The lowest BCUT2D eigenvalue weighted by Gasteiger charge is -2.15. The van der Waals surface area contributed by atoms with Crippen molar-refractivity contribution in [2.75, 3.05) is 7.11 Å². The third-order valence-corrected chi connectivity index (χ3v) is 3.29. The Kier molecular flexibility index (Phi) is 4.58. The molecule has 0 saturated heterocycles. The van der Waals surface area contributed by atoms with Gasteiger partial charge in [-0.3, -0.25) is 4.98 Å². The first-order chi connectivity index (χ1) is 9.60. The van der Waals surface area contributed by atoms with Gasteiger partial charge in [0.05, 0.1) is 7.11 Å². The van der Waals surface area contributed by atoms with E-state index in [0.717, 1.165) is 23.4 Å². The Balaban J connectivity index is 2.01. The number of benzene rings is 1. The topological polar surface area (TPSA) is 54.4 Å². The molecule has 1 aromatic carbocycles. The molecule has 2 rings (SSSR count). The van der Waals surface area contributed by atoms with Crippen LogP contribution in [0.4, 0.5) is 0 Å². The summed E-state index contributed by atoms with van der Waals surface area (Å²) in [5, 5.41) is 13.0. The molecule has 0 spiro atoms. The average Bonchev–Trinajstić information content (AvgIpc) is 2.47. The maximum absolute atomic E-state index is 9.60. The van der Waals surface area contributed by atoms with E-state index in [1.165, 1.54) is 0 Å². The molecule has 0 aliphatic rings. The van der Waals surface area contributed by atoms with E-state index in [-0.39, 0.29) is 11.8 Å². The molecule has 20 heavy (non-hydrogen) atoms. The highest BCUT2D eigenvalue weighted by Crippen LogP contribution is 2.28. The van der Waals surface area contributed by atoms with Crippen LogP contribution < -0.4 is 10.1 Å². The van der Waals surface area contributed by atoms with E-state index in [1.54, 1.807) is 13.2 Å². The van der Waals surface area contributed by atoms with E-state index in [4.69, 9.17) is 4.74 Å². The van der Waals surface area contributed by atoms with Crippen LogP contribution in [0.2, 0.25) is 0 Å². The van der Waals surface area contributed by atoms with Gasteiger partial charge < -0.3 is 15.2 Å². The second-order valence-electron chi connectivity index (χ2n) is 4.84. The molecular formula is C16H20N2O2. The minimum atomic E-state index is 0.158. The summed E-state index contributed by atoms with van der Waals surface area (Å²) in [5.41, 5.74) is 3.23. The molecule has 106 valence electrons. The van der Waals surface area contributed by atoms with Gasteiger partial charge in [-0.15, -0.1) is 0 Å². The average molecular weight is 272 g/mol. The Bertz CT molecular complexity index is 567. The number of pyridine rings is 1. The van der Waals surface area contributed by atoms with Gasteiger partial charge in [-0.1, -0.05) is 12.1 Å². The Morgan fingerprint density at radius 1 is 1.30 bits per heavy atom. The van der Waals surface area contributed by atoms with Crippen LogP contribution >= 0.6 is 0 Å². The van der Waals surface area contributed by atoms with Gasteiger partial charge in [0.1, 0.15) is 0 Å². The second kappa shape index (κ2) is 6.39. The Hall–Kier alpha value is -2.07. The number of hydrogen-bond donors (Lipinski definition) is 2. The van der Waals surface area contributed by atoms with Crippen molar-refractivity contribution in [2.45, 2.75) is 26.4 Å². The van der Waals surface area contributed by atoms with Crippen LogP contribution in [0.1, 0.15) is 29.8 Å². The molecule has 0 fully saturated rings.